The number of hydrogen-bond acceptors (Lipinski definition) is 4. The summed E-state index contributed by atoms with van der Waals surface area (Å²) in [5.74, 6) is 2.07. The summed E-state index contributed by atoms with van der Waals surface area (Å²) in [5, 5.41) is 9.07. The molecule has 0 aliphatic carbocycles. The average Bonchev–Trinajstić information content (AvgIpc) is 2.48. The second-order valence-electron chi connectivity index (χ2n) is 5.60. The van der Waals surface area contributed by atoms with Crippen LogP contribution < -0.4 is 4.74 Å². The van der Waals surface area contributed by atoms with E-state index >= 15 is 0 Å². The van der Waals surface area contributed by atoms with Crippen molar-refractivity contribution in [2.45, 2.75) is 37.4 Å². The minimum Gasteiger partial charge on any atom is -0.489 e. The number of thioether (sulfide) groups is 1. The highest BCUT2D eigenvalue weighted by Crippen LogP contribution is 2.39. The Balaban J connectivity index is 1.73. The van der Waals surface area contributed by atoms with Crippen LogP contribution >= 0.6 is 11.8 Å². The molecule has 1 unspecified atom stereocenters. The Morgan fingerprint density at radius 1 is 1.38 bits per heavy atom. The van der Waals surface area contributed by atoms with Crippen LogP contribution in [0.1, 0.15) is 31.2 Å². The maximum atomic E-state index is 13.6. The second-order valence-corrected chi connectivity index (χ2v) is 6.83. The molecule has 2 aliphatic heterocycles. The van der Waals surface area contributed by atoms with Crippen molar-refractivity contribution >= 4 is 11.8 Å². The predicted molar refractivity (Wildman–Crippen MR) is 80.0 cm³/mol. The van der Waals surface area contributed by atoms with Crippen LogP contribution in [-0.2, 0) is 4.74 Å². The molecule has 2 saturated heterocycles. The van der Waals surface area contributed by atoms with E-state index in [2.05, 4.69) is 0 Å². The highest BCUT2D eigenvalue weighted by molar-refractivity contribution is 7.99. The van der Waals surface area contributed by atoms with E-state index in [4.69, 9.17) is 14.7 Å². The number of nitriles is 1. The third-order valence-electron chi connectivity index (χ3n) is 4.23. The normalized spacial score (nSPS) is 24.5. The molecule has 0 saturated carbocycles. The van der Waals surface area contributed by atoms with Crippen molar-refractivity contribution in [3.8, 4) is 11.8 Å². The SMILES string of the molecule is N#Cc1c(F)cccc1OC1CCOC2(CCSCC2)C1. The van der Waals surface area contributed by atoms with Crippen molar-refractivity contribution in [2.24, 2.45) is 0 Å². The zero-order valence-corrected chi connectivity index (χ0v) is 12.6. The van der Waals surface area contributed by atoms with Gasteiger partial charge >= 0.3 is 0 Å². The van der Waals surface area contributed by atoms with Gasteiger partial charge in [0.1, 0.15) is 29.3 Å². The molecule has 3 rings (SSSR count). The summed E-state index contributed by atoms with van der Waals surface area (Å²) in [7, 11) is 0. The Bertz CT molecular complexity index is 546. The molecule has 0 radical (unpaired) electrons. The lowest BCUT2D eigenvalue weighted by Crippen LogP contribution is -2.46. The molecule has 2 aliphatic rings. The Morgan fingerprint density at radius 3 is 2.95 bits per heavy atom. The quantitative estimate of drug-likeness (QED) is 0.838. The lowest BCUT2D eigenvalue weighted by Gasteiger charge is -2.43. The lowest BCUT2D eigenvalue weighted by atomic mass is 9.86. The largest absolute Gasteiger partial charge is 0.489 e. The zero-order chi connectivity index (χ0) is 14.7. The van der Waals surface area contributed by atoms with Gasteiger partial charge in [-0.1, -0.05) is 6.07 Å². The first-order valence-electron chi connectivity index (χ1n) is 7.29. The first kappa shape index (κ1) is 14.7. The number of nitrogens with zero attached hydrogens (tertiary/aromatic N) is 1. The molecular formula is C16H18FNO2S. The second kappa shape index (κ2) is 6.25. The van der Waals surface area contributed by atoms with Crippen LogP contribution in [0.2, 0.25) is 0 Å². The van der Waals surface area contributed by atoms with Crippen LogP contribution in [0.4, 0.5) is 4.39 Å². The third-order valence-corrected chi connectivity index (χ3v) is 5.22. The number of benzene rings is 1. The summed E-state index contributed by atoms with van der Waals surface area (Å²) in [4.78, 5) is 0. The number of rotatable bonds is 2. The van der Waals surface area contributed by atoms with Gasteiger partial charge in [0.2, 0.25) is 0 Å². The van der Waals surface area contributed by atoms with Crippen LogP contribution in [0.5, 0.6) is 5.75 Å². The summed E-state index contributed by atoms with van der Waals surface area (Å²) in [5.41, 5.74) is -0.0777. The van der Waals surface area contributed by atoms with E-state index in [1.54, 1.807) is 12.1 Å². The minimum atomic E-state index is -0.522. The van der Waals surface area contributed by atoms with Crippen molar-refractivity contribution in [2.75, 3.05) is 18.1 Å². The maximum absolute atomic E-state index is 13.6. The molecule has 0 amide bonds. The van der Waals surface area contributed by atoms with Crippen LogP contribution in [0.25, 0.3) is 0 Å². The molecule has 1 atom stereocenters. The molecule has 112 valence electrons. The summed E-state index contributed by atoms with van der Waals surface area (Å²) >= 11 is 1.96. The molecule has 2 fully saturated rings. The van der Waals surface area contributed by atoms with E-state index in [1.165, 1.54) is 6.07 Å². The van der Waals surface area contributed by atoms with Gasteiger partial charge in [0.15, 0.2) is 0 Å². The Morgan fingerprint density at radius 2 is 2.19 bits per heavy atom. The molecule has 21 heavy (non-hydrogen) atoms. The molecule has 1 aromatic carbocycles. The van der Waals surface area contributed by atoms with Gasteiger partial charge in [0.25, 0.3) is 0 Å². The van der Waals surface area contributed by atoms with Gasteiger partial charge in [-0.05, 0) is 36.5 Å². The fourth-order valence-electron chi connectivity index (χ4n) is 3.07. The van der Waals surface area contributed by atoms with Crippen LogP contribution in [0.3, 0.4) is 0 Å². The molecule has 1 aromatic rings. The van der Waals surface area contributed by atoms with E-state index in [-0.39, 0.29) is 17.3 Å². The van der Waals surface area contributed by atoms with E-state index < -0.39 is 5.82 Å². The predicted octanol–water partition coefficient (Wildman–Crippen LogP) is 3.52. The van der Waals surface area contributed by atoms with Gasteiger partial charge in [-0.15, -0.1) is 0 Å². The van der Waals surface area contributed by atoms with Crippen molar-refractivity contribution in [3.63, 3.8) is 0 Å². The van der Waals surface area contributed by atoms with E-state index in [0.717, 1.165) is 37.2 Å². The highest BCUT2D eigenvalue weighted by atomic mass is 32.2. The molecule has 3 nitrogen and oxygen atoms in total. The fourth-order valence-corrected chi connectivity index (χ4v) is 4.30. The first-order chi connectivity index (χ1) is 10.2. The third kappa shape index (κ3) is 3.17. The van der Waals surface area contributed by atoms with Crippen molar-refractivity contribution in [3.05, 3.63) is 29.6 Å². The van der Waals surface area contributed by atoms with Crippen molar-refractivity contribution in [1.29, 1.82) is 5.26 Å². The van der Waals surface area contributed by atoms with Gasteiger partial charge in [0, 0.05) is 12.8 Å². The van der Waals surface area contributed by atoms with E-state index in [1.807, 2.05) is 17.8 Å². The van der Waals surface area contributed by atoms with Crippen LogP contribution in [0.15, 0.2) is 18.2 Å². The number of halogens is 1. The van der Waals surface area contributed by atoms with Crippen LogP contribution in [0, 0.1) is 17.1 Å². The summed E-state index contributed by atoms with van der Waals surface area (Å²) < 4.78 is 25.6. The molecular weight excluding hydrogens is 289 g/mol. The van der Waals surface area contributed by atoms with Gasteiger partial charge in [0.05, 0.1) is 12.2 Å². The number of ether oxygens (including phenoxy) is 2. The van der Waals surface area contributed by atoms with E-state index in [9.17, 15) is 4.39 Å². The molecule has 1 spiro atoms. The maximum Gasteiger partial charge on any atom is 0.144 e. The Hall–Kier alpha value is -1.25. The standard InChI is InChI=1S/C16H18FNO2S/c17-14-2-1-3-15(13(14)11-18)20-12-4-7-19-16(10-12)5-8-21-9-6-16/h1-3,12H,4-10H2. The van der Waals surface area contributed by atoms with Crippen molar-refractivity contribution in [1.82, 2.24) is 0 Å². The monoisotopic (exact) mass is 307 g/mol. The molecule has 0 bridgehead atoms. The van der Waals surface area contributed by atoms with Gasteiger partial charge in [-0.2, -0.15) is 17.0 Å². The molecule has 0 aromatic heterocycles. The topological polar surface area (TPSA) is 42.2 Å². The fraction of sp³-hybridized carbons (Fsp3) is 0.562. The average molecular weight is 307 g/mol. The Kier molecular flexibility index (Phi) is 4.37. The first-order valence-corrected chi connectivity index (χ1v) is 8.45. The zero-order valence-electron chi connectivity index (χ0n) is 11.8. The smallest absolute Gasteiger partial charge is 0.144 e. The number of hydrogen-bond donors (Lipinski definition) is 0. The summed E-state index contributed by atoms with van der Waals surface area (Å²) in [6.07, 6.45) is 3.71. The van der Waals surface area contributed by atoms with Gasteiger partial charge in [-0.3, -0.25) is 0 Å². The van der Waals surface area contributed by atoms with Gasteiger partial charge in [-0.25, -0.2) is 4.39 Å². The van der Waals surface area contributed by atoms with Gasteiger partial charge < -0.3 is 9.47 Å². The summed E-state index contributed by atoms with van der Waals surface area (Å²) in [6.45, 7) is 0.673. The Labute approximate surface area is 128 Å². The van der Waals surface area contributed by atoms with Crippen LogP contribution in [-0.4, -0.2) is 29.8 Å². The highest BCUT2D eigenvalue weighted by Gasteiger charge is 2.39. The minimum absolute atomic E-state index is 0.00255. The lowest BCUT2D eigenvalue weighted by molar-refractivity contribution is -0.116. The van der Waals surface area contributed by atoms with E-state index in [0.29, 0.717) is 12.4 Å². The molecule has 0 N–H and O–H groups in total. The molecule has 2 heterocycles. The molecule has 5 heteroatoms. The van der Waals surface area contributed by atoms with Crippen molar-refractivity contribution < 1.29 is 13.9 Å². The summed E-state index contributed by atoms with van der Waals surface area (Å²) in [6, 6.07) is 6.43.